The van der Waals surface area contributed by atoms with Gasteiger partial charge >= 0.3 is 5.97 Å². The maximum absolute atomic E-state index is 12.2. The normalized spacial score (nSPS) is 12.4. The number of hydrogen-bond donors (Lipinski definition) is 7. The molecule has 2 aromatic rings. The quantitative estimate of drug-likeness (QED) is 0.161. The number of hydrogen-bond acceptors (Lipinski definition) is 9. The molecule has 0 bridgehead atoms. The first-order valence-electron chi connectivity index (χ1n) is 9.67. The van der Waals surface area contributed by atoms with Gasteiger partial charge in [-0.3, -0.25) is 9.59 Å². The van der Waals surface area contributed by atoms with E-state index in [2.05, 4.69) is 10.6 Å². The molecule has 11 heteroatoms. The molecule has 2 amide bonds. The minimum Gasteiger partial charge on any atom is -0.504 e. The second-order valence-electron chi connectivity index (χ2n) is 6.88. The number of nitrogens with one attached hydrogen (secondary N) is 2. The van der Waals surface area contributed by atoms with E-state index in [1.165, 1.54) is 43.3 Å². The molecule has 0 radical (unpaired) electrons. The Hall–Kier alpha value is -3.99. The first kappa shape index (κ1) is 24.3. The third-order valence-corrected chi connectivity index (χ3v) is 4.53. The van der Waals surface area contributed by atoms with Crippen LogP contribution >= 0.6 is 0 Å². The number of carbonyl (C=O) groups excluding carboxylic acids is 3. The van der Waals surface area contributed by atoms with Crippen LogP contribution in [0.4, 0.5) is 0 Å². The third kappa shape index (κ3) is 6.01. The van der Waals surface area contributed by atoms with Gasteiger partial charge in [0.05, 0.1) is 5.56 Å². The van der Waals surface area contributed by atoms with Crippen LogP contribution in [-0.4, -0.2) is 63.4 Å². The monoisotopic (exact) mass is 447 g/mol. The maximum atomic E-state index is 12.2. The molecule has 2 aromatic carbocycles. The number of rotatable bonds is 9. The average molecular weight is 447 g/mol. The van der Waals surface area contributed by atoms with Crippen molar-refractivity contribution in [2.75, 3.05) is 13.1 Å². The van der Waals surface area contributed by atoms with E-state index in [0.29, 0.717) is 6.42 Å². The molecule has 0 unspecified atom stereocenters. The molecule has 0 aromatic heterocycles. The van der Waals surface area contributed by atoms with Gasteiger partial charge in [0, 0.05) is 13.1 Å². The molecule has 0 aliphatic rings. The van der Waals surface area contributed by atoms with Crippen LogP contribution in [0.5, 0.6) is 23.0 Å². The molecule has 0 fully saturated rings. The van der Waals surface area contributed by atoms with Gasteiger partial charge in [0.2, 0.25) is 5.91 Å². The first-order valence-corrected chi connectivity index (χ1v) is 9.67. The zero-order chi connectivity index (χ0) is 23.8. The Kier molecular flexibility index (Phi) is 8.24. The van der Waals surface area contributed by atoms with Crippen molar-refractivity contribution in [2.24, 2.45) is 5.73 Å². The maximum Gasteiger partial charge on any atom is 0.342 e. The van der Waals surface area contributed by atoms with Crippen molar-refractivity contribution in [3.63, 3.8) is 0 Å². The highest BCUT2D eigenvalue weighted by Crippen LogP contribution is 2.29. The minimum atomic E-state index is -1.20. The molecule has 11 nitrogen and oxygen atoms in total. The predicted molar refractivity (Wildman–Crippen MR) is 112 cm³/mol. The van der Waals surface area contributed by atoms with Gasteiger partial charge in [-0.1, -0.05) is 12.1 Å². The van der Waals surface area contributed by atoms with Crippen molar-refractivity contribution < 1.29 is 39.5 Å². The number of esters is 1. The van der Waals surface area contributed by atoms with Crippen LogP contribution in [-0.2, 0) is 9.53 Å². The van der Waals surface area contributed by atoms with E-state index in [9.17, 15) is 34.8 Å². The van der Waals surface area contributed by atoms with E-state index >= 15 is 0 Å². The Morgan fingerprint density at radius 1 is 0.906 bits per heavy atom. The highest BCUT2D eigenvalue weighted by atomic mass is 16.5. The van der Waals surface area contributed by atoms with Crippen molar-refractivity contribution in [1.29, 1.82) is 0 Å². The summed E-state index contributed by atoms with van der Waals surface area (Å²) in [5, 5.41) is 43.3. The van der Waals surface area contributed by atoms with Crippen molar-refractivity contribution in [3.05, 3.63) is 47.5 Å². The second-order valence-corrected chi connectivity index (χ2v) is 6.88. The Morgan fingerprint density at radius 2 is 1.44 bits per heavy atom. The highest BCUT2D eigenvalue weighted by molar-refractivity contribution is 5.97. The summed E-state index contributed by atoms with van der Waals surface area (Å²) in [7, 11) is 0. The summed E-state index contributed by atoms with van der Waals surface area (Å²) in [4.78, 5) is 36.3. The van der Waals surface area contributed by atoms with Crippen molar-refractivity contribution in [1.82, 2.24) is 10.6 Å². The highest BCUT2D eigenvalue weighted by Gasteiger charge is 2.26. The standard InChI is InChI=1S/C21H25N3O8/c1-11(32-21(31)13-6-3-8-15(26)18(13)28)16(22)20(30)24-10-4-9-23-19(29)12-5-2-7-14(25)17(12)27/h2-3,5-8,11,16,25-28H,4,9-10,22H2,1H3,(H,23,29)(H,24,30)/t11-,16+/m1/s1. The molecule has 0 saturated carbocycles. The van der Waals surface area contributed by atoms with Crippen LogP contribution in [0.25, 0.3) is 0 Å². The van der Waals surface area contributed by atoms with Crippen molar-refractivity contribution in [2.45, 2.75) is 25.5 Å². The Bertz CT molecular complexity index is 995. The largest absolute Gasteiger partial charge is 0.504 e. The lowest BCUT2D eigenvalue weighted by Gasteiger charge is -2.20. The van der Waals surface area contributed by atoms with Gasteiger partial charge in [0.25, 0.3) is 5.91 Å². The molecule has 0 aliphatic carbocycles. The van der Waals surface area contributed by atoms with E-state index in [-0.39, 0.29) is 24.2 Å². The second kappa shape index (κ2) is 10.9. The van der Waals surface area contributed by atoms with Gasteiger partial charge in [0.1, 0.15) is 17.7 Å². The number of ether oxygens (including phenoxy) is 1. The molecule has 2 atom stereocenters. The number of benzene rings is 2. The van der Waals surface area contributed by atoms with Crippen LogP contribution < -0.4 is 16.4 Å². The molecule has 0 saturated heterocycles. The van der Waals surface area contributed by atoms with E-state index in [0.717, 1.165) is 0 Å². The number of nitrogens with two attached hydrogens (primary N) is 1. The van der Waals surface area contributed by atoms with E-state index in [1.807, 2.05) is 0 Å². The SMILES string of the molecule is C[C@@H](OC(=O)c1cccc(O)c1O)[C@H](N)C(=O)NCCCNC(=O)c1cccc(O)c1O. The van der Waals surface area contributed by atoms with Gasteiger partial charge in [-0.05, 0) is 37.6 Å². The fraction of sp³-hybridized carbons (Fsp3) is 0.286. The fourth-order valence-corrected chi connectivity index (χ4v) is 2.64. The Labute approximate surface area is 183 Å². The summed E-state index contributed by atoms with van der Waals surface area (Å²) in [6.45, 7) is 1.74. The number of aromatic hydroxyl groups is 4. The van der Waals surface area contributed by atoms with Crippen LogP contribution in [0.3, 0.4) is 0 Å². The lowest BCUT2D eigenvalue weighted by Crippen LogP contribution is -2.49. The smallest absolute Gasteiger partial charge is 0.342 e. The fourth-order valence-electron chi connectivity index (χ4n) is 2.64. The van der Waals surface area contributed by atoms with Gasteiger partial charge < -0.3 is 41.5 Å². The van der Waals surface area contributed by atoms with Gasteiger partial charge in [0.15, 0.2) is 23.0 Å². The first-order chi connectivity index (χ1) is 15.1. The topological polar surface area (TPSA) is 191 Å². The number of para-hydroxylation sites is 2. The summed E-state index contributed by atoms with van der Waals surface area (Å²) in [5.74, 6) is -4.18. The third-order valence-electron chi connectivity index (χ3n) is 4.53. The van der Waals surface area contributed by atoms with Crippen LogP contribution in [0.1, 0.15) is 34.1 Å². The number of carbonyl (C=O) groups is 3. The lowest BCUT2D eigenvalue weighted by molar-refractivity contribution is -0.124. The van der Waals surface area contributed by atoms with Crippen molar-refractivity contribution in [3.8, 4) is 23.0 Å². The molecular formula is C21H25N3O8. The molecular weight excluding hydrogens is 422 g/mol. The summed E-state index contributed by atoms with van der Waals surface area (Å²) in [6.07, 6.45) is -0.688. The Morgan fingerprint density at radius 3 is 2.06 bits per heavy atom. The molecule has 32 heavy (non-hydrogen) atoms. The summed E-state index contributed by atoms with van der Waals surface area (Å²) < 4.78 is 5.09. The molecule has 8 N–H and O–H groups in total. The zero-order valence-corrected chi connectivity index (χ0v) is 17.2. The minimum absolute atomic E-state index is 0.0792. The van der Waals surface area contributed by atoms with E-state index < -0.39 is 52.9 Å². The average Bonchev–Trinajstić information content (AvgIpc) is 2.76. The summed E-state index contributed by atoms with van der Waals surface area (Å²) in [6, 6.07) is 6.62. The summed E-state index contributed by atoms with van der Waals surface area (Å²) >= 11 is 0. The lowest BCUT2D eigenvalue weighted by atomic mass is 10.1. The van der Waals surface area contributed by atoms with E-state index in [4.69, 9.17) is 10.5 Å². The van der Waals surface area contributed by atoms with Crippen LogP contribution in [0.2, 0.25) is 0 Å². The van der Waals surface area contributed by atoms with E-state index in [1.54, 1.807) is 0 Å². The predicted octanol–water partition coefficient (Wildman–Crippen LogP) is 0.318. The molecule has 2 rings (SSSR count). The van der Waals surface area contributed by atoms with Crippen LogP contribution in [0, 0.1) is 0 Å². The van der Waals surface area contributed by atoms with Gasteiger partial charge in [-0.15, -0.1) is 0 Å². The number of phenols is 4. The van der Waals surface area contributed by atoms with Gasteiger partial charge in [-0.25, -0.2) is 4.79 Å². The van der Waals surface area contributed by atoms with Gasteiger partial charge in [-0.2, -0.15) is 0 Å². The molecule has 0 aliphatic heterocycles. The van der Waals surface area contributed by atoms with Crippen molar-refractivity contribution >= 4 is 17.8 Å². The molecule has 0 spiro atoms. The zero-order valence-electron chi connectivity index (χ0n) is 17.2. The molecule has 0 heterocycles. The number of phenolic OH excluding ortho intramolecular Hbond substituents is 4. The molecule has 172 valence electrons. The summed E-state index contributed by atoms with van der Waals surface area (Å²) in [5.41, 5.74) is 5.46. The van der Waals surface area contributed by atoms with Crippen LogP contribution in [0.15, 0.2) is 36.4 Å². The number of amides is 2. The Balaban J connectivity index is 1.75.